The number of nitrogens with one attached hydrogen (secondary N) is 1. The van der Waals surface area contributed by atoms with E-state index < -0.39 is 5.69 Å². The molecular weight excluding hydrogens is 258 g/mol. The lowest BCUT2D eigenvalue weighted by Crippen LogP contribution is -2.32. The Balaban J connectivity index is 2.07. The molecule has 2 rings (SSSR count). The highest BCUT2D eigenvalue weighted by atomic mass is 16.5. The third kappa shape index (κ3) is 2.95. The fourth-order valence-electron chi connectivity index (χ4n) is 1.72. The Labute approximate surface area is 114 Å². The van der Waals surface area contributed by atoms with Crippen molar-refractivity contribution in [1.82, 2.24) is 9.55 Å². The van der Waals surface area contributed by atoms with E-state index in [0.29, 0.717) is 16.9 Å². The molecule has 2 aromatic rings. The molecule has 0 saturated carbocycles. The molecule has 0 amide bonds. The second kappa shape index (κ2) is 5.89. The number of benzene rings is 1. The van der Waals surface area contributed by atoms with Crippen molar-refractivity contribution in [2.45, 2.75) is 13.5 Å². The average Bonchev–Trinajstić information content (AvgIpc) is 2.45. The number of nitriles is 1. The molecule has 0 aliphatic heterocycles. The second-order valence-corrected chi connectivity index (χ2v) is 4.22. The first-order chi connectivity index (χ1) is 9.61. The maximum Gasteiger partial charge on any atom is 0.328 e. The van der Waals surface area contributed by atoms with Crippen LogP contribution in [0.15, 0.2) is 40.1 Å². The number of H-pyrrole nitrogens is 1. The number of aryl methyl sites for hydroxylation is 1. The molecule has 0 radical (unpaired) electrons. The third-order valence-corrected chi connectivity index (χ3v) is 2.79. The Morgan fingerprint density at radius 2 is 2.10 bits per heavy atom. The van der Waals surface area contributed by atoms with Gasteiger partial charge in [-0.1, -0.05) is 12.1 Å². The molecule has 1 N–H and O–H groups in total. The van der Waals surface area contributed by atoms with E-state index in [-0.39, 0.29) is 18.7 Å². The molecule has 1 aromatic carbocycles. The van der Waals surface area contributed by atoms with Crippen LogP contribution < -0.4 is 16.0 Å². The minimum atomic E-state index is -0.474. The number of ether oxygens (including phenoxy) is 1. The summed E-state index contributed by atoms with van der Waals surface area (Å²) in [5.74, 6) is 0.476. The lowest BCUT2D eigenvalue weighted by Gasteiger charge is -2.09. The predicted octanol–water partition coefficient (Wildman–Crippen LogP) is 0.796. The summed E-state index contributed by atoms with van der Waals surface area (Å²) in [6.07, 6.45) is 1.49. The van der Waals surface area contributed by atoms with Crippen molar-refractivity contribution in [3.8, 4) is 11.8 Å². The molecule has 0 spiro atoms. The third-order valence-electron chi connectivity index (χ3n) is 2.79. The van der Waals surface area contributed by atoms with Crippen LogP contribution in [0.4, 0.5) is 0 Å². The monoisotopic (exact) mass is 271 g/mol. The molecule has 6 nitrogen and oxygen atoms in total. The van der Waals surface area contributed by atoms with Crippen molar-refractivity contribution in [3.63, 3.8) is 0 Å². The number of hydrogen-bond acceptors (Lipinski definition) is 4. The topological polar surface area (TPSA) is 87.9 Å². The maximum atomic E-state index is 11.6. The molecule has 102 valence electrons. The number of nitrogens with zero attached hydrogens (tertiary/aromatic N) is 2. The van der Waals surface area contributed by atoms with Gasteiger partial charge in [0.25, 0.3) is 5.56 Å². The number of rotatable bonds is 4. The molecule has 6 heteroatoms. The highest BCUT2D eigenvalue weighted by molar-refractivity contribution is 5.42. The van der Waals surface area contributed by atoms with Crippen LogP contribution in [0.25, 0.3) is 0 Å². The van der Waals surface area contributed by atoms with Gasteiger partial charge in [0.1, 0.15) is 18.4 Å². The van der Waals surface area contributed by atoms with Gasteiger partial charge in [0.2, 0.25) is 0 Å². The lowest BCUT2D eigenvalue weighted by molar-refractivity contribution is 0.294. The van der Waals surface area contributed by atoms with Gasteiger partial charge in [-0.05, 0) is 19.1 Å². The molecule has 0 aliphatic rings. The SMILES string of the molecule is Cc1cn(CCOc2ccccc2C#N)c(=O)[nH]c1=O. The van der Waals surface area contributed by atoms with Crippen LogP contribution in [-0.4, -0.2) is 16.2 Å². The zero-order chi connectivity index (χ0) is 14.5. The van der Waals surface area contributed by atoms with E-state index in [1.54, 1.807) is 31.2 Å². The van der Waals surface area contributed by atoms with Crippen LogP contribution in [0.3, 0.4) is 0 Å². The van der Waals surface area contributed by atoms with Crippen LogP contribution in [0.5, 0.6) is 5.75 Å². The Morgan fingerprint density at radius 3 is 2.85 bits per heavy atom. The van der Waals surface area contributed by atoms with Crippen molar-refractivity contribution in [2.75, 3.05) is 6.61 Å². The van der Waals surface area contributed by atoms with Gasteiger partial charge in [0, 0.05) is 11.8 Å². The first-order valence-electron chi connectivity index (χ1n) is 6.04. The maximum absolute atomic E-state index is 11.6. The predicted molar refractivity (Wildman–Crippen MR) is 72.7 cm³/mol. The molecule has 1 heterocycles. The van der Waals surface area contributed by atoms with Gasteiger partial charge in [0.05, 0.1) is 12.1 Å². The van der Waals surface area contributed by atoms with Crippen molar-refractivity contribution in [2.24, 2.45) is 0 Å². The standard InChI is InChI=1S/C14H13N3O3/c1-10-9-17(14(19)16-13(10)18)6-7-20-12-5-3-2-4-11(12)8-15/h2-5,9H,6-7H2,1H3,(H,16,18,19). The summed E-state index contributed by atoms with van der Waals surface area (Å²) in [6, 6.07) is 8.90. The molecule has 0 fully saturated rings. The number of aromatic amines is 1. The Kier molecular flexibility index (Phi) is 4.01. The quantitative estimate of drug-likeness (QED) is 0.890. The zero-order valence-electron chi connectivity index (χ0n) is 10.9. The number of hydrogen-bond donors (Lipinski definition) is 1. The number of para-hydroxylation sites is 1. The lowest BCUT2D eigenvalue weighted by atomic mass is 10.2. The van der Waals surface area contributed by atoms with Gasteiger partial charge in [0.15, 0.2) is 0 Å². The molecule has 0 bridgehead atoms. The first-order valence-corrected chi connectivity index (χ1v) is 6.04. The summed E-state index contributed by atoms with van der Waals surface area (Å²) in [7, 11) is 0. The van der Waals surface area contributed by atoms with Gasteiger partial charge >= 0.3 is 5.69 Å². The number of aromatic nitrogens is 2. The van der Waals surface area contributed by atoms with Crippen molar-refractivity contribution in [1.29, 1.82) is 5.26 Å². The molecule has 1 aromatic heterocycles. The van der Waals surface area contributed by atoms with Crippen molar-refractivity contribution >= 4 is 0 Å². The fourth-order valence-corrected chi connectivity index (χ4v) is 1.72. The van der Waals surface area contributed by atoms with E-state index in [1.807, 2.05) is 6.07 Å². The van der Waals surface area contributed by atoms with Crippen LogP contribution in [0.1, 0.15) is 11.1 Å². The van der Waals surface area contributed by atoms with Gasteiger partial charge in [-0.2, -0.15) is 5.26 Å². The van der Waals surface area contributed by atoms with Gasteiger partial charge in [-0.25, -0.2) is 4.79 Å². The van der Waals surface area contributed by atoms with E-state index in [2.05, 4.69) is 4.98 Å². The molecule has 20 heavy (non-hydrogen) atoms. The van der Waals surface area contributed by atoms with E-state index in [1.165, 1.54) is 10.8 Å². The summed E-state index contributed by atoms with van der Waals surface area (Å²) in [5.41, 5.74) is 0.0410. The Bertz CT molecular complexity index is 768. The first kappa shape index (κ1) is 13.6. The minimum Gasteiger partial charge on any atom is -0.490 e. The van der Waals surface area contributed by atoms with Gasteiger partial charge in [-0.3, -0.25) is 14.3 Å². The smallest absolute Gasteiger partial charge is 0.328 e. The second-order valence-electron chi connectivity index (χ2n) is 4.22. The molecule has 0 unspecified atom stereocenters. The van der Waals surface area contributed by atoms with Crippen molar-refractivity contribution in [3.05, 3.63) is 62.4 Å². The van der Waals surface area contributed by atoms with E-state index in [0.717, 1.165) is 0 Å². The van der Waals surface area contributed by atoms with Crippen LogP contribution >= 0.6 is 0 Å². The highest BCUT2D eigenvalue weighted by Gasteiger charge is 2.03. The average molecular weight is 271 g/mol. The summed E-state index contributed by atoms with van der Waals surface area (Å²) >= 11 is 0. The summed E-state index contributed by atoms with van der Waals surface area (Å²) in [6.45, 7) is 2.14. The van der Waals surface area contributed by atoms with Crippen LogP contribution in [0.2, 0.25) is 0 Å². The Morgan fingerprint density at radius 1 is 1.35 bits per heavy atom. The highest BCUT2D eigenvalue weighted by Crippen LogP contribution is 2.16. The fraction of sp³-hybridized carbons (Fsp3) is 0.214. The normalized spacial score (nSPS) is 10.0. The summed E-state index contributed by atoms with van der Waals surface area (Å²) < 4.78 is 6.85. The van der Waals surface area contributed by atoms with E-state index in [4.69, 9.17) is 10.00 Å². The zero-order valence-corrected chi connectivity index (χ0v) is 10.9. The molecule has 0 atom stereocenters. The van der Waals surface area contributed by atoms with Crippen molar-refractivity contribution < 1.29 is 4.74 Å². The van der Waals surface area contributed by atoms with Gasteiger partial charge < -0.3 is 4.74 Å². The molecular formula is C14H13N3O3. The minimum absolute atomic E-state index is 0.226. The summed E-state index contributed by atoms with van der Waals surface area (Å²) in [5, 5.41) is 8.92. The summed E-state index contributed by atoms with van der Waals surface area (Å²) in [4.78, 5) is 25.0. The Hall–Kier alpha value is -2.81. The van der Waals surface area contributed by atoms with E-state index in [9.17, 15) is 9.59 Å². The van der Waals surface area contributed by atoms with Crippen LogP contribution in [0, 0.1) is 18.3 Å². The van der Waals surface area contributed by atoms with Crippen LogP contribution in [-0.2, 0) is 6.54 Å². The van der Waals surface area contributed by atoms with Gasteiger partial charge in [-0.15, -0.1) is 0 Å². The molecule has 0 saturated heterocycles. The van der Waals surface area contributed by atoms with E-state index >= 15 is 0 Å². The molecule has 0 aliphatic carbocycles. The largest absolute Gasteiger partial charge is 0.490 e.